The van der Waals surface area contributed by atoms with E-state index >= 15 is 0 Å². The molecule has 1 heteroatoms. The molecule has 0 unspecified atom stereocenters. The standard InChI is InChI=1S/C10H19N/c1-3-8-11(2)9-10-6-4-5-7-10/h3,10H,1,4-9H2,2H3. The summed E-state index contributed by atoms with van der Waals surface area (Å²) in [5.41, 5.74) is 0. The minimum atomic E-state index is 0.972. The van der Waals surface area contributed by atoms with Gasteiger partial charge in [-0.15, -0.1) is 6.58 Å². The van der Waals surface area contributed by atoms with Gasteiger partial charge < -0.3 is 4.90 Å². The molecule has 0 aromatic carbocycles. The van der Waals surface area contributed by atoms with Gasteiger partial charge in [-0.25, -0.2) is 0 Å². The van der Waals surface area contributed by atoms with E-state index in [0.717, 1.165) is 12.5 Å². The van der Waals surface area contributed by atoms with Gasteiger partial charge in [0.2, 0.25) is 0 Å². The van der Waals surface area contributed by atoms with Gasteiger partial charge in [0.1, 0.15) is 0 Å². The topological polar surface area (TPSA) is 3.24 Å². The van der Waals surface area contributed by atoms with Crippen LogP contribution in [-0.4, -0.2) is 25.0 Å². The summed E-state index contributed by atoms with van der Waals surface area (Å²) in [4.78, 5) is 2.36. The molecule has 0 atom stereocenters. The van der Waals surface area contributed by atoms with Gasteiger partial charge in [0, 0.05) is 13.1 Å². The molecule has 0 saturated heterocycles. The van der Waals surface area contributed by atoms with Gasteiger partial charge in [0.25, 0.3) is 0 Å². The zero-order valence-corrected chi connectivity index (χ0v) is 7.55. The molecule has 1 nitrogen and oxygen atoms in total. The van der Waals surface area contributed by atoms with Crippen LogP contribution in [-0.2, 0) is 0 Å². The lowest BCUT2D eigenvalue weighted by atomic mass is 10.1. The van der Waals surface area contributed by atoms with E-state index in [-0.39, 0.29) is 0 Å². The lowest BCUT2D eigenvalue weighted by Crippen LogP contribution is -2.24. The Bertz CT molecular complexity index is 114. The summed E-state index contributed by atoms with van der Waals surface area (Å²) in [6.07, 6.45) is 7.77. The van der Waals surface area contributed by atoms with E-state index < -0.39 is 0 Å². The van der Waals surface area contributed by atoms with Crippen LogP contribution in [0.4, 0.5) is 0 Å². The van der Waals surface area contributed by atoms with E-state index in [1.807, 2.05) is 6.08 Å². The van der Waals surface area contributed by atoms with Crippen molar-refractivity contribution < 1.29 is 0 Å². The van der Waals surface area contributed by atoms with E-state index in [4.69, 9.17) is 0 Å². The van der Waals surface area contributed by atoms with Crippen molar-refractivity contribution in [3.05, 3.63) is 12.7 Å². The number of likely N-dealkylation sites (N-methyl/N-ethyl adjacent to an activating group) is 1. The Morgan fingerprint density at radius 1 is 1.45 bits per heavy atom. The Morgan fingerprint density at radius 2 is 2.09 bits per heavy atom. The smallest absolute Gasteiger partial charge is 0.0157 e. The van der Waals surface area contributed by atoms with Crippen molar-refractivity contribution in [3.8, 4) is 0 Å². The Balaban J connectivity index is 2.12. The van der Waals surface area contributed by atoms with Crippen LogP contribution in [0.15, 0.2) is 12.7 Å². The average molecular weight is 153 g/mol. The van der Waals surface area contributed by atoms with Gasteiger partial charge in [-0.3, -0.25) is 0 Å². The maximum absolute atomic E-state index is 3.73. The molecule has 64 valence electrons. The van der Waals surface area contributed by atoms with Gasteiger partial charge in [-0.2, -0.15) is 0 Å². The predicted octanol–water partition coefficient (Wildman–Crippen LogP) is 2.29. The summed E-state index contributed by atoms with van der Waals surface area (Å²) in [5, 5.41) is 0. The molecule has 1 aliphatic rings. The third-order valence-corrected chi connectivity index (χ3v) is 2.49. The molecule has 1 aliphatic carbocycles. The largest absolute Gasteiger partial charge is 0.302 e. The van der Waals surface area contributed by atoms with Crippen molar-refractivity contribution in [2.75, 3.05) is 20.1 Å². The van der Waals surface area contributed by atoms with E-state index in [0.29, 0.717) is 0 Å². The van der Waals surface area contributed by atoms with E-state index in [1.54, 1.807) is 0 Å². The van der Waals surface area contributed by atoms with Crippen molar-refractivity contribution in [1.29, 1.82) is 0 Å². The molecule has 0 bridgehead atoms. The van der Waals surface area contributed by atoms with Crippen molar-refractivity contribution in [2.45, 2.75) is 25.7 Å². The molecule has 0 aromatic heterocycles. The van der Waals surface area contributed by atoms with Crippen LogP contribution >= 0.6 is 0 Å². The Hall–Kier alpha value is -0.300. The Kier molecular flexibility index (Phi) is 3.64. The monoisotopic (exact) mass is 153 g/mol. The molecule has 11 heavy (non-hydrogen) atoms. The minimum absolute atomic E-state index is 0.972. The first-order valence-corrected chi connectivity index (χ1v) is 4.62. The van der Waals surface area contributed by atoms with Crippen molar-refractivity contribution in [2.24, 2.45) is 5.92 Å². The number of hydrogen-bond donors (Lipinski definition) is 0. The van der Waals surface area contributed by atoms with Crippen molar-refractivity contribution in [1.82, 2.24) is 4.90 Å². The summed E-state index contributed by atoms with van der Waals surface area (Å²) in [5.74, 6) is 0.972. The highest BCUT2D eigenvalue weighted by Gasteiger charge is 2.15. The number of hydrogen-bond acceptors (Lipinski definition) is 1. The SMILES string of the molecule is C=CCN(C)CC1CCCC1. The first-order valence-electron chi connectivity index (χ1n) is 4.62. The fraction of sp³-hybridized carbons (Fsp3) is 0.800. The van der Waals surface area contributed by atoms with Gasteiger partial charge in [0.05, 0.1) is 0 Å². The molecule has 0 amide bonds. The van der Waals surface area contributed by atoms with Crippen LogP contribution in [0.2, 0.25) is 0 Å². The second-order valence-electron chi connectivity index (χ2n) is 3.66. The van der Waals surface area contributed by atoms with Crippen LogP contribution in [0, 0.1) is 5.92 Å². The van der Waals surface area contributed by atoms with Gasteiger partial charge in [0.15, 0.2) is 0 Å². The molecular formula is C10H19N. The summed E-state index contributed by atoms with van der Waals surface area (Å²) in [6, 6.07) is 0. The van der Waals surface area contributed by atoms with Gasteiger partial charge >= 0.3 is 0 Å². The maximum atomic E-state index is 3.73. The number of nitrogens with zero attached hydrogens (tertiary/aromatic N) is 1. The van der Waals surface area contributed by atoms with Crippen molar-refractivity contribution >= 4 is 0 Å². The highest BCUT2D eigenvalue weighted by molar-refractivity contribution is 4.75. The fourth-order valence-corrected chi connectivity index (χ4v) is 1.93. The van der Waals surface area contributed by atoms with Crippen LogP contribution in [0.5, 0.6) is 0 Å². The quantitative estimate of drug-likeness (QED) is 0.560. The molecule has 1 fully saturated rings. The summed E-state index contributed by atoms with van der Waals surface area (Å²) >= 11 is 0. The molecule has 1 saturated carbocycles. The van der Waals surface area contributed by atoms with E-state index in [2.05, 4.69) is 18.5 Å². The van der Waals surface area contributed by atoms with Gasteiger partial charge in [-0.1, -0.05) is 18.9 Å². The summed E-state index contributed by atoms with van der Waals surface area (Å²) < 4.78 is 0. The second-order valence-corrected chi connectivity index (χ2v) is 3.66. The second kappa shape index (κ2) is 4.55. The van der Waals surface area contributed by atoms with Crippen LogP contribution < -0.4 is 0 Å². The normalized spacial score (nSPS) is 19.5. The minimum Gasteiger partial charge on any atom is -0.302 e. The van der Waals surface area contributed by atoms with Crippen molar-refractivity contribution in [3.63, 3.8) is 0 Å². The van der Waals surface area contributed by atoms with E-state index in [9.17, 15) is 0 Å². The number of rotatable bonds is 4. The first kappa shape index (κ1) is 8.79. The average Bonchev–Trinajstić information content (AvgIpc) is 2.40. The third kappa shape index (κ3) is 3.06. The summed E-state index contributed by atoms with van der Waals surface area (Å²) in [7, 11) is 2.18. The van der Waals surface area contributed by atoms with Crippen LogP contribution in [0.1, 0.15) is 25.7 Å². The van der Waals surface area contributed by atoms with Gasteiger partial charge in [-0.05, 0) is 25.8 Å². The maximum Gasteiger partial charge on any atom is 0.0157 e. The van der Waals surface area contributed by atoms with E-state index in [1.165, 1.54) is 32.2 Å². The molecular weight excluding hydrogens is 134 g/mol. The third-order valence-electron chi connectivity index (χ3n) is 2.49. The highest BCUT2D eigenvalue weighted by atomic mass is 15.1. The Morgan fingerprint density at radius 3 is 2.64 bits per heavy atom. The zero-order chi connectivity index (χ0) is 8.10. The first-order chi connectivity index (χ1) is 5.33. The zero-order valence-electron chi connectivity index (χ0n) is 7.55. The predicted molar refractivity (Wildman–Crippen MR) is 49.7 cm³/mol. The molecule has 0 spiro atoms. The molecule has 0 N–H and O–H groups in total. The molecule has 0 heterocycles. The molecule has 0 aliphatic heterocycles. The fourth-order valence-electron chi connectivity index (χ4n) is 1.93. The highest BCUT2D eigenvalue weighted by Crippen LogP contribution is 2.24. The van der Waals surface area contributed by atoms with Crippen LogP contribution in [0.25, 0.3) is 0 Å². The summed E-state index contributed by atoms with van der Waals surface area (Å²) in [6.45, 7) is 6.04. The molecule has 0 radical (unpaired) electrons. The lowest BCUT2D eigenvalue weighted by molar-refractivity contribution is 0.303. The lowest BCUT2D eigenvalue weighted by Gasteiger charge is -2.18. The molecule has 1 rings (SSSR count). The molecule has 0 aromatic rings. The van der Waals surface area contributed by atoms with Crippen LogP contribution in [0.3, 0.4) is 0 Å². The Labute approximate surface area is 70.1 Å².